The second-order valence-corrected chi connectivity index (χ2v) is 3.83. The van der Waals surface area contributed by atoms with Crippen LogP contribution in [0.3, 0.4) is 0 Å². The molecule has 0 aliphatic carbocycles. The fourth-order valence-electron chi connectivity index (χ4n) is 1.51. The Balaban J connectivity index is 2.41. The number of carbonyl (C=O) groups excluding carboxylic acids is 1. The molecule has 6 heteroatoms. The number of pyridine rings is 2. The van der Waals surface area contributed by atoms with Crippen molar-refractivity contribution in [3.63, 3.8) is 0 Å². The van der Waals surface area contributed by atoms with Gasteiger partial charge in [0.2, 0.25) is 0 Å². The van der Waals surface area contributed by atoms with Crippen molar-refractivity contribution in [3.8, 4) is 0 Å². The second kappa shape index (κ2) is 4.70. The monoisotopic (exact) mass is 243 g/mol. The third kappa shape index (κ3) is 2.37. The second-order valence-electron chi connectivity index (χ2n) is 3.83. The van der Waals surface area contributed by atoms with E-state index in [0.29, 0.717) is 11.3 Å². The zero-order valence-corrected chi connectivity index (χ0v) is 9.84. The highest BCUT2D eigenvalue weighted by Crippen LogP contribution is 2.22. The first kappa shape index (κ1) is 11.8. The van der Waals surface area contributed by atoms with E-state index >= 15 is 0 Å². The normalized spacial score (nSPS) is 10.1. The minimum atomic E-state index is -0.562. The zero-order valence-electron chi connectivity index (χ0n) is 9.84. The lowest BCUT2D eigenvalue weighted by Crippen LogP contribution is -2.14. The molecular weight excluding hydrogens is 230 g/mol. The summed E-state index contributed by atoms with van der Waals surface area (Å²) in [6.07, 6.45) is 4.83. The summed E-state index contributed by atoms with van der Waals surface area (Å²) >= 11 is 0. The van der Waals surface area contributed by atoms with Gasteiger partial charge in [0, 0.05) is 6.20 Å². The third-order valence-electron chi connectivity index (χ3n) is 2.50. The number of carbonyl (C=O) groups is 1. The number of nitrogen functional groups attached to an aromatic ring is 1. The number of aryl methyl sites for hydroxylation is 1. The number of nitrogens with one attached hydrogen (secondary N) is 1. The summed E-state index contributed by atoms with van der Waals surface area (Å²) in [5, 5.41) is 3.07. The highest BCUT2D eigenvalue weighted by atomic mass is 16.1. The summed E-state index contributed by atoms with van der Waals surface area (Å²) in [5.41, 5.74) is 13.4. The lowest BCUT2D eigenvalue weighted by molar-refractivity contribution is 0.100. The lowest BCUT2D eigenvalue weighted by Gasteiger charge is -2.11. The lowest BCUT2D eigenvalue weighted by atomic mass is 10.2. The average molecular weight is 243 g/mol. The summed E-state index contributed by atoms with van der Waals surface area (Å²) in [6, 6.07) is 3.30. The maximum atomic E-state index is 11.3. The Hall–Kier alpha value is -2.63. The molecule has 0 unspecified atom stereocenters. The van der Waals surface area contributed by atoms with Crippen molar-refractivity contribution in [2.45, 2.75) is 6.92 Å². The van der Waals surface area contributed by atoms with Crippen LogP contribution in [0, 0.1) is 6.92 Å². The van der Waals surface area contributed by atoms with E-state index in [4.69, 9.17) is 11.5 Å². The van der Waals surface area contributed by atoms with Crippen LogP contribution in [0.1, 0.15) is 15.9 Å². The summed E-state index contributed by atoms with van der Waals surface area (Å²) in [6.45, 7) is 1.93. The molecule has 2 rings (SSSR count). The van der Waals surface area contributed by atoms with Gasteiger partial charge in [-0.1, -0.05) is 0 Å². The minimum Gasteiger partial charge on any atom is -0.384 e. The van der Waals surface area contributed by atoms with Gasteiger partial charge in [-0.25, -0.2) is 4.98 Å². The van der Waals surface area contributed by atoms with Crippen molar-refractivity contribution in [1.82, 2.24) is 9.97 Å². The van der Waals surface area contributed by atoms with Gasteiger partial charge in [0.1, 0.15) is 5.82 Å². The van der Waals surface area contributed by atoms with Crippen LogP contribution in [0.2, 0.25) is 0 Å². The molecular formula is C12H13N5O. The van der Waals surface area contributed by atoms with Crippen molar-refractivity contribution >= 4 is 23.1 Å². The molecule has 6 nitrogen and oxygen atoms in total. The van der Waals surface area contributed by atoms with Crippen LogP contribution in [0.25, 0.3) is 0 Å². The van der Waals surface area contributed by atoms with E-state index < -0.39 is 5.91 Å². The smallest absolute Gasteiger partial charge is 0.251 e. The van der Waals surface area contributed by atoms with E-state index in [1.807, 2.05) is 13.0 Å². The Labute approximate surface area is 104 Å². The van der Waals surface area contributed by atoms with E-state index in [-0.39, 0.29) is 5.82 Å². The van der Waals surface area contributed by atoms with Crippen LogP contribution in [-0.2, 0) is 0 Å². The Morgan fingerprint density at radius 2 is 2.11 bits per heavy atom. The maximum absolute atomic E-state index is 11.3. The first-order valence-corrected chi connectivity index (χ1v) is 5.31. The Kier molecular flexibility index (Phi) is 3.09. The van der Waals surface area contributed by atoms with Crippen molar-refractivity contribution in [3.05, 3.63) is 41.9 Å². The van der Waals surface area contributed by atoms with Gasteiger partial charge < -0.3 is 16.8 Å². The van der Waals surface area contributed by atoms with Crippen LogP contribution in [0.15, 0.2) is 30.7 Å². The van der Waals surface area contributed by atoms with Gasteiger partial charge in [-0.2, -0.15) is 0 Å². The van der Waals surface area contributed by atoms with Gasteiger partial charge in [-0.15, -0.1) is 0 Å². The average Bonchev–Trinajstić information content (AvgIpc) is 2.34. The fourth-order valence-corrected chi connectivity index (χ4v) is 1.51. The predicted molar refractivity (Wildman–Crippen MR) is 69.4 cm³/mol. The summed E-state index contributed by atoms with van der Waals surface area (Å²) in [4.78, 5) is 19.3. The SMILES string of the molecule is Cc1ccncc1Nc1cnc(N)cc1C(N)=O. The standard InChI is InChI=1S/C12H13N5O/c1-7-2-3-15-5-9(7)17-10-6-16-11(13)4-8(10)12(14)18/h2-6,17H,1H3,(H2,13,16)(H2,14,18). The highest BCUT2D eigenvalue weighted by molar-refractivity contribution is 5.99. The number of hydrogen-bond acceptors (Lipinski definition) is 5. The fraction of sp³-hybridized carbons (Fsp3) is 0.0833. The molecule has 2 aromatic heterocycles. The maximum Gasteiger partial charge on any atom is 0.251 e. The number of nitrogens with zero attached hydrogens (tertiary/aromatic N) is 2. The number of hydrogen-bond donors (Lipinski definition) is 3. The molecule has 2 heterocycles. The third-order valence-corrected chi connectivity index (χ3v) is 2.50. The van der Waals surface area contributed by atoms with Crippen LogP contribution in [0.5, 0.6) is 0 Å². The number of primary amides is 1. The number of anilines is 3. The van der Waals surface area contributed by atoms with Crippen molar-refractivity contribution in [2.75, 3.05) is 11.1 Å². The molecule has 0 saturated heterocycles. The van der Waals surface area contributed by atoms with Crippen LogP contribution < -0.4 is 16.8 Å². The van der Waals surface area contributed by atoms with Gasteiger partial charge in [-0.05, 0) is 24.6 Å². The largest absolute Gasteiger partial charge is 0.384 e. The number of rotatable bonds is 3. The molecule has 0 atom stereocenters. The van der Waals surface area contributed by atoms with E-state index in [2.05, 4.69) is 15.3 Å². The highest BCUT2D eigenvalue weighted by Gasteiger charge is 2.10. The number of aromatic nitrogens is 2. The minimum absolute atomic E-state index is 0.247. The van der Waals surface area contributed by atoms with Crippen LogP contribution in [0.4, 0.5) is 17.2 Å². The molecule has 5 N–H and O–H groups in total. The molecule has 0 aromatic carbocycles. The molecule has 18 heavy (non-hydrogen) atoms. The van der Waals surface area contributed by atoms with E-state index in [0.717, 1.165) is 11.3 Å². The van der Waals surface area contributed by atoms with E-state index in [9.17, 15) is 4.79 Å². The topological polar surface area (TPSA) is 107 Å². The summed E-state index contributed by atoms with van der Waals surface area (Å²) in [7, 11) is 0. The van der Waals surface area contributed by atoms with Crippen molar-refractivity contribution in [2.24, 2.45) is 5.73 Å². The van der Waals surface area contributed by atoms with Gasteiger partial charge in [0.05, 0.1) is 29.3 Å². The molecule has 0 aliphatic rings. The molecule has 0 aliphatic heterocycles. The van der Waals surface area contributed by atoms with Crippen molar-refractivity contribution in [1.29, 1.82) is 0 Å². The number of amides is 1. The predicted octanol–water partition coefficient (Wildman–Crippen LogP) is 1.21. The van der Waals surface area contributed by atoms with Crippen LogP contribution in [-0.4, -0.2) is 15.9 Å². The Bertz CT molecular complexity index is 597. The molecule has 0 saturated carbocycles. The first-order chi connectivity index (χ1) is 8.58. The van der Waals surface area contributed by atoms with E-state index in [1.54, 1.807) is 12.4 Å². The van der Waals surface area contributed by atoms with Gasteiger partial charge >= 0.3 is 0 Å². The van der Waals surface area contributed by atoms with Crippen molar-refractivity contribution < 1.29 is 4.79 Å². The number of nitrogens with two attached hydrogens (primary N) is 2. The molecule has 1 amide bonds. The van der Waals surface area contributed by atoms with Gasteiger partial charge in [-0.3, -0.25) is 9.78 Å². The zero-order chi connectivity index (χ0) is 13.1. The Morgan fingerprint density at radius 1 is 1.33 bits per heavy atom. The van der Waals surface area contributed by atoms with Gasteiger partial charge in [0.25, 0.3) is 5.91 Å². The molecule has 92 valence electrons. The summed E-state index contributed by atoms with van der Waals surface area (Å²) in [5.74, 6) is -0.314. The van der Waals surface area contributed by atoms with Crippen LogP contribution >= 0.6 is 0 Å². The Morgan fingerprint density at radius 3 is 2.78 bits per heavy atom. The molecule has 2 aromatic rings. The molecule has 0 bridgehead atoms. The van der Waals surface area contributed by atoms with Gasteiger partial charge in [0.15, 0.2) is 0 Å². The summed E-state index contributed by atoms with van der Waals surface area (Å²) < 4.78 is 0. The quantitative estimate of drug-likeness (QED) is 0.751. The molecule has 0 spiro atoms. The first-order valence-electron chi connectivity index (χ1n) is 5.31. The molecule has 0 radical (unpaired) electrons. The van der Waals surface area contributed by atoms with E-state index in [1.165, 1.54) is 12.3 Å². The molecule has 0 fully saturated rings.